The van der Waals surface area contributed by atoms with Gasteiger partial charge in [-0.3, -0.25) is 19.9 Å². The molecule has 0 spiro atoms. The normalized spacial score (nSPS) is 24.8. The maximum absolute atomic E-state index is 13.0. The first-order valence-electron chi connectivity index (χ1n) is 8.93. The number of ether oxygens (including phenoxy) is 1. The Balaban J connectivity index is 1.49. The Morgan fingerprint density at radius 2 is 2.14 bits per heavy atom. The molecule has 1 saturated heterocycles. The van der Waals surface area contributed by atoms with Crippen molar-refractivity contribution in [1.82, 2.24) is 20.5 Å². The van der Waals surface area contributed by atoms with Gasteiger partial charge in [-0.2, -0.15) is 0 Å². The zero-order chi connectivity index (χ0) is 20.3. The summed E-state index contributed by atoms with van der Waals surface area (Å²) in [6.45, 7) is 0.209. The number of amides is 4. The van der Waals surface area contributed by atoms with Crippen LogP contribution in [-0.2, 0) is 17.8 Å². The Hall–Kier alpha value is -2.89. The number of aromatic nitrogens is 1. The molecule has 2 atom stereocenters. The van der Waals surface area contributed by atoms with Crippen molar-refractivity contribution in [3.63, 3.8) is 0 Å². The maximum atomic E-state index is 13.0. The molecule has 4 amide bonds. The van der Waals surface area contributed by atoms with Crippen molar-refractivity contribution in [3.05, 3.63) is 50.9 Å². The molecule has 148 valence electrons. The van der Waals surface area contributed by atoms with Crippen LogP contribution in [0, 0.1) is 3.57 Å². The summed E-state index contributed by atoms with van der Waals surface area (Å²) >= 11 is 1.93. The first-order chi connectivity index (χ1) is 13.9. The summed E-state index contributed by atoms with van der Waals surface area (Å²) in [5.74, 6) is -0.257. The van der Waals surface area contributed by atoms with Gasteiger partial charge in [0, 0.05) is 19.2 Å². The van der Waals surface area contributed by atoms with Crippen LogP contribution in [0.1, 0.15) is 21.6 Å². The van der Waals surface area contributed by atoms with E-state index in [9.17, 15) is 19.5 Å². The molecule has 1 aromatic heterocycles. The molecule has 5 rings (SSSR count). The van der Waals surface area contributed by atoms with Crippen LogP contribution in [0.5, 0.6) is 11.5 Å². The molecule has 0 saturated carbocycles. The number of hydrogen-bond donors (Lipinski definition) is 3. The molecule has 2 aromatic rings. The van der Waals surface area contributed by atoms with Crippen molar-refractivity contribution in [1.29, 1.82) is 0 Å². The van der Waals surface area contributed by atoms with Crippen LogP contribution in [0.25, 0.3) is 0 Å². The van der Waals surface area contributed by atoms with Gasteiger partial charge in [-0.05, 0) is 46.4 Å². The Bertz CT molecular complexity index is 1070. The van der Waals surface area contributed by atoms with Gasteiger partial charge in [0.15, 0.2) is 5.54 Å². The summed E-state index contributed by atoms with van der Waals surface area (Å²) in [6.07, 6.45) is 1.26. The van der Waals surface area contributed by atoms with Gasteiger partial charge < -0.3 is 20.1 Å². The lowest BCUT2D eigenvalue weighted by atomic mass is 9.89. The Morgan fingerprint density at radius 1 is 1.31 bits per heavy atom. The number of urea groups is 1. The number of carbonyl (C=O) groups excluding carboxylic acids is 3. The summed E-state index contributed by atoms with van der Waals surface area (Å²) in [5.41, 5.74) is 0.432. The molecule has 3 aliphatic rings. The average molecular weight is 506 g/mol. The minimum atomic E-state index is -1.44. The molecule has 3 N–H and O–H groups in total. The summed E-state index contributed by atoms with van der Waals surface area (Å²) in [7, 11) is 0. The molecule has 0 aliphatic carbocycles. The van der Waals surface area contributed by atoms with E-state index in [0.29, 0.717) is 27.0 Å². The molecular weight excluding hydrogens is 491 g/mol. The molecular formula is C19H15IN4O5. The van der Waals surface area contributed by atoms with E-state index in [1.807, 2.05) is 22.6 Å². The van der Waals surface area contributed by atoms with E-state index in [1.165, 1.54) is 4.90 Å². The smallest absolute Gasteiger partial charge is 0.322 e. The standard InChI is InChI=1S/C19H15IN4O5/c20-15-11(25)4-3-9-7-24(16(26)14(9)15)8-19(17(27)22-18(28)23-19)13-6-10-12(29-13)2-1-5-21-10/h1-5,13,25H,6-8H2,(H2,22,23,27,28)/t13?,19-/m0/s1. The van der Waals surface area contributed by atoms with E-state index in [1.54, 1.807) is 30.5 Å². The first-order valence-corrected chi connectivity index (χ1v) is 10.0. The van der Waals surface area contributed by atoms with Gasteiger partial charge in [0.1, 0.15) is 17.6 Å². The molecule has 1 aromatic carbocycles. The molecule has 1 fully saturated rings. The fraction of sp³-hybridized carbons (Fsp3) is 0.263. The van der Waals surface area contributed by atoms with Crippen LogP contribution in [0.4, 0.5) is 4.79 Å². The van der Waals surface area contributed by atoms with Crippen molar-refractivity contribution in [2.24, 2.45) is 0 Å². The number of halogens is 1. The van der Waals surface area contributed by atoms with Crippen LogP contribution in [0.3, 0.4) is 0 Å². The predicted octanol–water partition coefficient (Wildman–Crippen LogP) is 0.929. The fourth-order valence-electron chi connectivity index (χ4n) is 4.11. The number of aromatic hydroxyl groups is 1. The number of imide groups is 1. The first kappa shape index (κ1) is 18.2. The number of hydrogen-bond acceptors (Lipinski definition) is 6. The SMILES string of the molecule is O=C1NC(=O)[C@](CN2Cc3ccc(O)c(I)c3C2=O)(C2Cc3ncccc3O2)N1. The lowest BCUT2D eigenvalue weighted by molar-refractivity contribution is -0.127. The zero-order valence-corrected chi connectivity index (χ0v) is 17.1. The average Bonchev–Trinajstić information content (AvgIpc) is 3.34. The van der Waals surface area contributed by atoms with Gasteiger partial charge in [0.2, 0.25) is 0 Å². The number of fused-ring (bicyclic) bond motifs is 2. The number of phenolic OH excluding ortho intramolecular Hbond substituents is 1. The minimum absolute atomic E-state index is 0.0295. The number of nitrogens with zero attached hydrogens (tertiary/aromatic N) is 2. The highest BCUT2D eigenvalue weighted by atomic mass is 127. The Labute approximate surface area is 178 Å². The maximum Gasteiger partial charge on any atom is 0.322 e. The van der Waals surface area contributed by atoms with Crippen LogP contribution in [0.2, 0.25) is 0 Å². The minimum Gasteiger partial charge on any atom is -0.507 e. The molecule has 3 aliphatic heterocycles. The number of pyridine rings is 1. The van der Waals surface area contributed by atoms with Gasteiger partial charge in [-0.15, -0.1) is 0 Å². The Morgan fingerprint density at radius 3 is 2.86 bits per heavy atom. The van der Waals surface area contributed by atoms with E-state index < -0.39 is 23.6 Å². The van der Waals surface area contributed by atoms with E-state index >= 15 is 0 Å². The van der Waals surface area contributed by atoms with Gasteiger partial charge >= 0.3 is 6.03 Å². The molecule has 0 radical (unpaired) electrons. The van der Waals surface area contributed by atoms with Crippen LogP contribution in [-0.4, -0.2) is 51.0 Å². The summed E-state index contributed by atoms with van der Waals surface area (Å²) in [5, 5.41) is 14.9. The van der Waals surface area contributed by atoms with Crippen LogP contribution in [0.15, 0.2) is 30.5 Å². The highest BCUT2D eigenvalue weighted by Crippen LogP contribution is 2.37. The third kappa shape index (κ3) is 2.65. The second-order valence-corrected chi connectivity index (χ2v) is 8.31. The molecule has 1 unspecified atom stereocenters. The highest BCUT2D eigenvalue weighted by Gasteiger charge is 2.57. The van der Waals surface area contributed by atoms with Gasteiger partial charge in [0.05, 0.1) is 21.4 Å². The number of nitrogens with one attached hydrogen (secondary N) is 2. The molecule has 9 nitrogen and oxygen atoms in total. The van der Waals surface area contributed by atoms with Crippen molar-refractivity contribution in [2.45, 2.75) is 24.6 Å². The molecule has 29 heavy (non-hydrogen) atoms. The number of benzene rings is 1. The highest BCUT2D eigenvalue weighted by molar-refractivity contribution is 14.1. The Kier molecular flexibility index (Phi) is 3.95. The van der Waals surface area contributed by atoms with Crippen molar-refractivity contribution < 1.29 is 24.2 Å². The largest absolute Gasteiger partial charge is 0.507 e. The third-order valence-electron chi connectivity index (χ3n) is 5.53. The quantitative estimate of drug-likeness (QED) is 0.421. The van der Waals surface area contributed by atoms with Crippen molar-refractivity contribution >= 4 is 40.4 Å². The summed E-state index contributed by atoms with van der Waals surface area (Å²) < 4.78 is 6.43. The lowest BCUT2D eigenvalue weighted by Crippen LogP contribution is -2.64. The van der Waals surface area contributed by atoms with Gasteiger partial charge in [-0.1, -0.05) is 6.07 Å². The van der Waals surface area contributed by atoms with E-state index in [2.05, 4.69) is 15.6 Å². The topological polar surface area (TPSA) is 121 Å². The lowest BCUT2D eigenvalue weighted by Gasteiger charge is -2.34. The van der Waals surface area contributed by atoms with Crippen molar-refractivity contribution in [3.8, 4) is 11.5 Å². The van der Waals surface area contributed by atoms with Gasteiger partial charge in [-0.25, -0.2) is 4.79 Å². The van der Waals surface area contributed by atoms with E-state index in [-0.39, 0.29) is 24.7 Å². The van der Waals surface area contributed by atoms with Crippen molar-refractivity contribution in [2.75, 3.05) is 6.54 Å². The van der Waals surface area contributed by atoms with Crippen LogP contribution < -0.4 is 15.4 Å². The monoisotopic (exact) mass is 506 g/mol. The number of carbonyl (C=O) groups is 3. The van der Waals surface area contributed by atoms with E-state index in [0.717, 1.165) is 5.56 Å². The van der Waals surface area contributed by atoms with Crippen LogP contribution >= 0.6 is 22.6 Å². The number of rotatable bonds is 3. The third-order valence-corrected chi connectivity index (χ3v) is 6.62. The second kappa shape index (κ2) is 6.31. The van der Waals surface area contributed by atoms with E-state index in [4.69, 9.17) is 4.74 Å². The predicted molar refractivity (Wildman–Crippen MR) is 107 cm³/mol. The van der Waals surface area contributed by atoms with Gasteiger partial charge in [0.25, 0.3) is 11.8 Å². The number of phenols is 1. The fourth-order valence-corrected chi connectivity index (χ4v) is 4.86. The summed E-state index contributed by atoms with van der Waals surface area (Å²) in [6, 6.07) is 6.10. The molecule has 0 bridgehead atoms. The zero-order valence-electron chi connectivity index (χ0n) is 14.9. The molecule has 4 heterocycles. The summed E-state index contributed by atoms with van der Waals surface area (Å²) in [4.78, 5) is 43.7. The molecule has 10 heteroatoms. The second-order valence-electron chi connectivity index (χ2n) is 7.23.